The van der Waals surface area contributed by atoms with Crippen LogP contribution in [0.25, 0.3) is 0 Å². The highest BCUT2D eigenvalue weighted by Crippen LogP contribution is 2.27. The number of amides is 1. The normalized spacial score (nSPS) is 20.4. The fraction of sp³-hybridized carbons (Fsp3) is 0.562. The quantitative estimate of drug-likeness (QED) is 0.470. The third-order valence-electron chi connectivity index (χ3n) is 4.42. The molecule has 21 heavy (non-hydrogen) atoms. The van der Waals surface area contributed by atoms with Crippen LogP contribution in [0.1, 0.15) is 24.0 Å². The van der Waals surface area contributed by atoms with Gasteiger partial charge in [-0.1, -0.05) is 24.3 Å². The van der Waals surface area contributed by atoms with Crippen LogP contribution in [0.15, 0.2) is 24.3 Å². The lowest BCUT2D eigenvalue weighted by molar-refractivity contribution is -0.120. The molecule has 3 N–H and O–H groups in total. The molecule has 3 rings (SSSR count). The van der Waals surface area contributed by atoms with Gasteiger partial charge in [-0.25, -0.2) is 5.84 Å². The summed E-state index contributed by atoms with van der Waals surface area (Å²) in [5.41, 5.74) is 4.47. The number of benzene rings is 1. The van der Waals surface area contributed by atoms with Crippen LogP contribution in [0.5, 0.6) is 0 Å². The van der Waals surface area contributed by atoms with E-state index < -0.39 is 0 Å². The molecule has 2 aliphatic rings. The van der Waals surface area contributed by atoms with Crippen LogP contribution in [0.3, 0.4) is 0 Å². The second kappa shape index (κ2) is 6.56. The smallest absolute Gasteiger partial charge is 0.238 e. The number of nitrogens with zero attached hydrogens (tertiary/aromatic N) is 2. The van der Waals surface area contributed by atoms with E-state index >= 15 is 0 Å². The van der Waals surface area contributed by atoms with Crippen molar-refractivity contribution in [2.24, 2.45) is 5.84 Å². The first-order chi connectivity index (χ1) is 10.2. The number of carbonyl (C=O) groups is 1. The van der Waals surface area contributed by atoms with E-state index in [-0.39, 0.29) is 5.91 Å². The van der Waals surface area contributed by atoms with Crippen LogP contribution in [-0.4, -0.2) is 47.9 Å². The van der Waals surface area contributed by atoms with Crippen molar-refractivity contribution < 1.29 is 4.79 Å². The number of piperazine rings is 1. The number of rotatable bonds is 5. The fourth-order valence-electron chi connectivity index (χ4n) is 2.98. The van der Waals surface area contributed by atoms with Crippen LogP contribution in [0.2, 0.25) is 0 Å². The summed E-state index contributed by atoms with van der Waals surface area (Å²) in [6.45, 7) is 5.74. The molecule has 2 fully saturated rings. The Bertz CT molecular complexity index is 476. The average molecular weight is 288 g/mol. The van der Waals surface area contributed by atoms with Gasteiger partial charge in [0.25, 0.3) is 0 Å². The zero-order chi connectivity index (χ0) is 14.7. The highest BCUT2D eigenvalue weighted by molar-refractivity contribution is 5.77. The summed E-state index contributed by atoms with van der Waals surface area (Å²) in [7, 11) is 0. The van der Waals surface area contributed by atoms with E-state index in [4.69, 9.17) is 5.84 Å². The second-order valence-corrected chi connectivity index (χ2v) is 6.10. The largest absolute Gasteiger partial charge is 0.298 e. The number of nitrogens with two attached hydrogens (primary N) is 1. The third-order valence-corrected chi connectivity index (χ3v) is 4.42. The molecule has 1 saturated heterocycles. The first-order valence-electron chi connectivity index (χ1n) is 7.78. The lowest BCUT2D eigenvalue weighted by Crippen LogP contribution is -2.46. The minimum absolute atomic E-state index is 0.154. The Morgan fingerprint density at radius 1 is 1.10 bits per heavy atom. The van der Waals surface area contributed by atoms with Crippen LogP contribution in [-0.2, 0) is 17.8 Å². The van der Waals surface area contributed by atoms with Gasteiger partial charge < -0.3 is 0 Å². The summed E-state index contributed by atoms with van der Waals surface area (Å²) >= 11 is 0. The predicted molar refractivity (Wildman–Crippen MR) is 82.3 cm³/mol. The van der Waals surface area contributed by atoms with E-state index in [1.165, 1.54) is 31.5 Å². The van der Waals surface area contributed by atoms with Crippen molar-refractivity contribution in [3.63, 3.8) is 0 Å². The summed E-state index contributed by atoms with van der Waals surface area (Å²) in [6, 6.07) is 9.16. The molecule has 1 heterocycles. The zero-order valence-corrected chi connectivity index (χ0v) is 12.4. The Kier molecular flexibility index (Phi) is 4.53. The fourth-order valence-corrected chi connectivity index (χ4v) is 2.98. The van der Waals surface area contributed by atoms with E-state index in [1.807, 2.05) is 12.1 Å². The van der Waals surface area contributed by atoms with E-state index in [0.29, 0.717) is 6.42 Å². The number of hydrazine groups is 1. The molecule has 5 nitrogen and oxygen atoms in total. The van der Waals surface area contributed by atoms with Crippen LogP contribution in [0.4, 0.5) is 0 Å². The maximum atomic E-state index is 11.2. The first-order valence-corrected chi connectivity index (χ1v) is 7.78. The average Bonchev–Trinajstić information content (AvgIpc) is 3.35. The Morgan fingerprint density at radius 3 is 2.29 bits per heavy atom. The Labute approximate surface area is 126 Å². The maximum absolute atomic E-state index is 11.2. The third kappa shape index (κ3) is 4.03. The standard InChI is InChI=1S/C16H24N4O/c17-18-16(21)11-13-1-3-14(4-2-13)12-19-7-9-20(10-8-19)15-5-6-15/h1-4,15H,5-12,17H2,(H,18,21). The molecule has 0 atom stereocenters. The number of hydrogen-bond acceptors (Lipinski definition) is 4. The SMILES string of the molecule is NNC(=O)Cc1ccc(CN2CCN(C3CC3)CC2)cc1. The topological polar surface area (TPSA) is 61.6 Å². The van der Waals surface area contributed by atoms with Gasteiger partial charge in [-0.3, -0.25) is 20.0 Å². The van der Waals surface area contributed by atoms with Crippen molar-refractivity contribution in [3.05, 3.63) is 35.4 Å². The molecule has 0 bridgehead atoms. The second-order valence-electron chi connectivity index (χ2n) is 6.10. The molecule has 5 heteroatoms. The Morgan fingerprint density at radius 2 is 1.71 bits per heavy atom. The monoisotopic (exact) mass is 288 g/mol. The van der Waals surface area contributed by atoms with Crippen molar-refractivity contribution in [2.75, 3.05) is 26.2 Å². The van der Waals surface area contributed by atoms with E-state index in [0.717, 1.165) is 31.2 Å². The van der Waals surface area contributed by atoms with Gasteiger partial charge in [0.05, 0.1) is 6.42 Å². The summed E-state index contributed by atoms with van der Waals surface area (Å²) in [4.78, 5) is 16.4. The lowest BCUT2D eigenvalue weighted by atomic mass is 10.1. The molecule has 0 spiro atoms. The first kappa shape index (κ1) is 14.5. The van der Waals surface area contributed by atoms with Gasteiger partial charge in [0.15, 0.2) is 0 Å². The summed E-state index contributed by atoms with van der Waals surface area (Å²) in [6.07, 6.45) is 3.15. The molecule has 1 aromatic rings. The highest BCUT2D eigenvalue weighted by atomic mass is 16.2. The molecular weight excluding hydrogens is 264 g/mol. The van der Waals surface area contributed by atoms with Crippen molar-refractivity contribution >= 4 is 5.91 Å². The highest BCUT2D eigenvalue weighted by Gasteiger charge is 2.30. The number of carbonyl (C=O) groups excluding carboxylic acids is 1. The lowest BCUT2D eigenvalue weighted by Gasteiger charge is -2.34. The van der Waals surface area contributed by atoms with E-state index in [9.17, 15) is 4.79 Å². The molecule has 1 amide bonds. The number of hydrogen-bond donors (Lipinski definition) is 2. The zero-order valence-electron chi connectivity index (χ0n) is 12.4. The van der Waals surface area contributed by atoms with Gasteiger partial charge in [0.1, 0.15) is 0 Å². The Hall–Kier alpha value is -1.43. The minimum atomic E-state index is -0.154. The van der Waals surface area contributed by atoms with Crippen LogP contribution >= 0.6 is 0 Å². The maximum Gasteiger partial charge on any atom is 0.238 e. The van der Waals surface area contributed by atoms with Gasteiger partial charge >= 0.3 is 0 Å². The molecule has 1 saturated carbocycles. The van der Waals surface area contributed by atoms with E-state index in [2.05, 4.69) is 27.4 Å². The van der Waals surface area contributed by atoms with Crippen LogP contribution < -0.4 is 11.3 Å². The molecule has 0 radical (unpaired) electrons. The summed E-state index contributed by atoms with van der Waals surface area (Å²) in [5, 5.41) is 0. The van der Waals surface area contributed by atoms with Gasteiger partial charge in [0.2, 0.25) is 5.91 Å². The molecule has 1 aliphatic heterocycles. The van der Waals surface area contributed by atoms with Crippen molar-refractivity contribution in [1.82, 2.24) is 15.2 Å². The van der Waals surface area contributed by atoms with Gasteiger partial charge in [-0.05, 0) is 24.0 Å². The summed E-state index contributed by atoms with van der Waals surface area (Å²) < 4.78 is 0. The van der Waals surface area contributed by atoms with Gasteiger partial charge in [-0.2, -0.15) is 0 Å². The molecule has 1 aromatic carbocycles. The molecule has 0 aromatic heterocycles. The van der Waals surface area contributed by atoms with Crippen LogP contribution in [0, 0.1) is 0 Å². The van der Waals surface area contributed by atoms with E-state index in [1.54, 1.807) is 0 Å². The van der Waals surface area contributed by atoms with Crippen molar-refractivity contribution in [3.8, 4) is 0 Å². The van der Waals surface area contributed by atoms with Gasteiger partial charge in [-0.15, -0.1) is 0 Å². The molecule has 0 unspecified atom stereocenters. The molecule has 114 valence electrons. The number of nitrogens with one attached hydrogen (secondary N) is 1. The Balaban J connectivity index is 1.47. The molecule has 1 aliphatic carbocycles. The molecular formula is C16H24N4O. The minimum Gasteiger partial charge on any atom is -0.298 e. The van der Waals surface area contributed by atoms with Crippen molar-refractivity contribution in [2.45, 2.75) is 31.8 Å². The summed E-state index contributed by atoms with van der Waals surface area (Å²) in [5.74, 6) is 4.95. The van der Waals surface area contributed by atoms with Crippen molar-refractivity contribution in [1.29, 1.82) is 0 Å². The van der Waals surface area contributed by atoms with Gasteiger partial charge in [0, 0.05) is 38.8 Å². The predicted octanol–water partition coefficient (Wildman–Crippen LogP) is 0.499.